The highest BCUT2D eigenvalue weighted by Crippen LogP contribution is 2.44. The van der Waals surface area contributed by atoms with Crippen LogP contribution in [0.4, 0.5) is 0 Å². The van der Waals surface area contributed by atoms with Gasteiger partial charge in [-0.3, -0.25) is 0 Å². The summed E-state index contributed by atoms with van der Waals surface area (Å²) >= 11 is 0. The van der Waals surface area contributed by atoms with E-state index in [2.05, 4.69) is 133 Å². The normalized spacial score (nSPS) is 11.8. The first-order valence-corrected chi connectivity index (χ1v) is 14.3. The molecule has 0 amide bonds. The number of hydrogen-bond donors (Lipinski definition) is 0. The van der Waals surface area contributed by atoms with Crippen LogP contribution in [0, 0.1) is 0 Å². The predicted octanol–water partition coefficient (Wildman–Crippen LogP) is 10.7. The van der Waals surface area contributed by atoms with E-state index in [0.29, 0.717) is 0 Å². The van der Waals surface area contributed by atoms with Gasteiger partial charge in [0.1, 0.15) is 0 Å². The molecule has 8 aromatic carbocycles. The number of rotatable bonds is 2. The van der Waals surface area contributed by atoms with Crippen LogP contribution in [0.3, 0.4) is 0 Å². The molecule has 194 valence electrons. The van der Waals surface area contributed by atoms with Crippen LogP contribution in [0.5, 0.6) is 0 Å². The summed E-state index contributed by atoms with van der Waals surface area (Å²) in [7, 11) is 0. The molecule has 0 aliphatic heterocycles. The summed E-state index contributed by atoms with van der Waals surface area (Å²) in [4.78, 5) is 9.70. The Kier molecular flexibility index (Phi) is 4.93. The van der Waals surface area contributed by atoms with Gasteiger partial charge in [0.05, 0.1) is 0 Å². The third kappa shape index (κ3) is 3.33. The third-order valence-corrected chi connectivity index (χ3v) is 8.72. The molecule has 0 N–H and O–H groups in total. The number of hydrogen-bond acceptors (Lipinski definition) is 2. The topological polar surface area (TPSA) is 25.8 Å². The summed E-state index contributed by atoms with van der Waals surface area (Å²) in [5.74, 6) is 0.741. The molecule has 9 rings (SSSR count). The van der Waals surface area contributed by atoms with Crippen molar-refractivity contribution in [2.75, 3.05) is 0 Å². The van der Waals surface area contributed by atoms with Crippen molar-refractivity contribution < 1.29 is 0 Å². The van der Waals surface area contributed by atoms with Crippen LogP contribution >= 0.6 is 0 Å². The van der Waals surface area contributed by atoms with Crippen molar-refractivity contribution in [3.63, 3.8) is 0 Å². The maximum absolute atomic E-state index is 4.85. The highest BCUT2D eigenvalue weighted by atomic mass is 14.9. The Hall–Kier alpha value is -5.60. The maximum atomic E-state index is 4.85. The average molecular weight is 533 g/mol. The van der Waals surface area contributed by atoms with Gasteiger partial charge in [-0.25, -0.2) is 9.97 Å². The summed E-state index contributed by atoms with van der Waals surface area (Å²) in [6.07, 6.45) is 3.92. The molecule has 0 aliphatic carbocycles. The Morgan fingerprint density at radius 2 is 0.810 bits per heavy atom. The monoisotopic (exact) mass is 532 g/mol. The lowest BCUT2D eigenvalue weighted by Gasteiger charge is -2.17. The van der Waals surface area contributed by atoms with E-state index < -0.39 is 0 Å². The van der Waals surface area contributed by atoms with Crippen molar-refractivity contribution in [1.82, 2.24) is 9.97 Å². The minimum absolute atomic E-state index is 0.741. The van der Waals surface area contributed by atoms with Gasteiger partial charge in [0.2, 0.25) is 0 Å². The number of benzene rings is 8. The quantitative estimate of drug-likeness (QED) is 0.207. The molecule has 0 spiro atoms. The zero-order valence-electron chi connectivity index (χ0n) is 22.8. The smallest absolute Gasteiger partial charge is 0.159 e. The lowest BCUT2D eigenvalue weighted by atomic mass is 9.86. The van der Waals surface area contributed by atoms with Crippen LogP contribution in [0.1, 0.15) is 0 Å². The van der Waals surface area contributed by atoms with Crippen molar-refractivity contribution in [2.24, 2.45) is 0 Å². The summed E-state index contributed by atoms with van der Waals surface area (Å²) < 4.78 is 0. The summed E-state index contributed by atoms with van der Waals surface area (Å²) in [6.45, 7) is 0. The van der Waals surface area contributed by atoms with Crippen LogP contribution in [0.25, 0.3) is 87.1 Å². The molecule has 0 radical (unpaired) electrons. The summed E-state index contributed by atoms with van der Waals surface area (Å²) in [6, 6.07) is 48.0. The fourth-order valence-corrected chi connectivity index (χ4v) is 6.84. The highest BCUT2D eigenvalue weighted by Gasteiger charge is 2.16. The van der Waals surface area contributed by atoms with E-state index in [9.17, 15) is 0 Å². The molecule has 0 aliphatic rings. The first-order chi connectivity index (χ1) is 20.8. The second-order valence-corrected chi connectivity index (χ2v) is 11.0. The van der Waals surface area contributed by atoms with Crippen LogP contribution in [-0.2, 0) is 0 Å². The second kappa shape index (κ2) is 8.95. The predicted molar refractivity (Wildman–Crippen MR) is 178 cm³/mol. The molecule has 1 aromatic heterocycles. The molecule has 0 saturated carbocycles. The zero-order chi connectivity index (χ0) is 27.6. The number of fused-ring (bicyclic) bond motifs is 12. The molecule has 2 heteroatoms. The van der Waals surface area contributed by atoms with Crippen LogP contribution < -0.4 is 0 Å². The van der Waals surface area contributed by atoms with Gasteiger partial charge in [-0.15, -0.1) is 0 Å². The van der Waals surface area contributed by atoms with Gasteiger partial charge < -0.3 is 0 Å². The Balaban J connectivity index is 1.33. The van der Waals surface area contributed by atoms with E-state index in [4.69, 9.17) is 9.97 Å². The lowest BCUT2D eigenvalue weighted by Crippen LogP contribution is -1.92. The van der Waals surface area contributed by atoms with Crippen LogP contribution in [0.15, 0.2) is 146 Å². The second-order valence-electron chi connectivity index (χ2n) is 11.0. The fraction of sp³-hybridized carbons (Fsp3) is 0. The van der Waals surface area contributed by atoms with Crippen molar-refractivity contribution in [1.29, 1.82) is 0 Å². The highest BCUT2D eigenvalue weighted by molar-refractivity contribution is 6.39. The minimum Gasteiger partial charge on any atom is -0.236 e. The van der Waals surface area contributed by atoms with E-state index in [-0.39, 0.29) is 0 Å². The Labute approximate surface area is 242 Å². The van der Waals surface area contributed by atoms with Crippen LogP contribution in [0.2, 0.25) is 0 Å². The molecule has 1 heterocycles. The van der Waals surface area contributed by atoms with Gasteiger partial charge >= 0.3 is 0 Å². The minimum atomic E-state index is 0.741. The Morgan fingerprint density at radius 3 is 1.43 bits per heavy atom. The van der Waals surface area contributed by atoms with Gasteiger partial charge in [-0.05, 0) is 76.3 Å². The van der Waals surface area contributed by atoms with Crippen molar-refractivity contribution in [3.05, 3.63) is 146 Å². The molecular formula is C40H24N2. The van der Waals surface area contributed by atoms with Gasteiger partial charge in [-0.1, -0.05) is 127 Å². The summed E-state index contributed by atoms with van der Waals surface area (Å²) in [5, 5.41) is 15.2. The summed E-state index contributed by atoms with van der Waals surface area (Å²) in [5.41, 5.74) is 3.17. The van der Waals surface area contributed by atoms with E-state index >= 15 is 0 Å². The van der Waals surface area contributed by atoms with E-state index in [0.717, 1.165) is 27.9 Å². The van der Waals surface area contributed by atoms with Gasteiger partial charge in [-0.2, -0.15) is 0 Å². The average Bonchev–Trinajstić information content (AvgIpc) is 3.07. The standard InChI is InChI=1S/C40H24N2/c1-2-12-28-25(10-1)11-9-19-36(28)40-41-23-27(24-42-40)26-20-21-32-31-15-5-7-17-34(31)38-33-16-6-3-13-29(33)30-14-4-8-18-35(30)39(38)37(32)22-26/h1-24H. The SMILES string of the molecule is c1ccc2c(-c3ncc(-c4ccc5c6ccccc6c6c7ccccc7c7ccccc7c6c5c4)cn3)cccc2c1. The maximum Gasteiger partial charge on any atom is 0.159 e. The lowest BCUT2D eigenvalue weighted by molar-refractivity contribution is 1.18. The number of nitrogens with zero attached hydrogens (tertiary/aromatic N) is 2. The van der Waals surface area contributed by atoms with Gasteiger partial charge in [0.15, 0.2) is 5.82 Å². The first kappa shape index (κ1) is 23.1. The largest absolute Gasteiger partial charge is 0.236 e. The fourth-order valence-electron chi connectivity index (χ4n) is 6.84. The Morgan fingerprint density at radius 1 is 0.333 bits per heavy atom. The van der Waals surface area contributed by atoms with Gasteiger partial charge in [0.25, 0.3) is 0 Å². The van der Waals surface area contributed by atoms with E-state index in [1.165, 1.54) is 59.2 Å². The first-order valence-electron chi connectivity index (χ1n) is 14.3. The van der Waals surface area contributed by atoms with E-state index in [1.807, 2.05) is 12.4 Å². The van der Waals surface area contributed by atoms with Gasteiger partial charge in [0, 0.05) is 23.5 Å². The zero-order valence-corrected chi connectivity index (χ0v) is 22.8. The molecule has 0 atom stereocenters. The molecule has 42 heavy (non-hydrogen) atoms. The molecule has 2 nitrogen and oxygen atoms in total. The van der Waals surface area contributed by atoms with Crippen molar-refractivity contribution in [3.8, 4) is 22.5 Å². The number of aromatic nitrogens is 2. The molecule has 0 unspecified atom stereocenters. The van der Waals surface area contributed by atoms with Crippen molar-refractivity contribution in [2.45, 2.75) is 0 Å². The van der Waals surface area contributed by atoms with Crippen molar-refractivity contribution >= 4 is 64.6 Å². The molecular weight excluding hydrogens is 508 g/mol. The van der Waals surface area contributed by atoms with E-state index in [1.54, 1.807) is 0 Å². The Bertz CT molecular complexity index is 2490. The third-order valence-electron chi connectivity index (χ3n) is 8.72. The molecule has 0 bridgehead atoms. The molecule has 0 saturated heterocycles. The van der Waals surface area contributed by atoms with Crippen LogP contribution in [-0.4, -0.2) is 9.97 Å². The molecule has 9 aromatic rings. The molecule has 0 fully saturated rings.